The summed E-state index contributed by atoms with van der Waals surface area (Å²) in [6, 6.07) is 15.5. The molecule has 7 amide bonds. The lowest BCUT2D eigenvalue weighted by molar-refractivity contribution is -0.388. The number of nitrogens with zero attached hydrogens (tertiary/aromatic N) is 4. The number of hydrogen-bond donors (Lipinski definition) is 11. The first-order valence-electron chi connectivity index (χ1n) is 44.5. The molecular formula is C89H128N14O29S4. The number of nitrogens with two attached hydrogens (primary N) is 1. The smallest absolute Gasteiger partial charge is 0.411 e. The number of nitrogens with one attached hydrogen (secondary N) is 9. The number of carbonyl (C=O) groups is 10. The zero-order valence-electron chi connectivity index (χ0n) is 76.8. The van der Waals surface area contributed by atoms with Crippen LogP contribution in [0.15, 0.2) is 142 Å². The van der Waals surface area contributed by atoms with Crippen LogP contribution in [0.2, 0.25) is 0 Å². The Morgan fingerprint density at radius 3 is 1.24 bits per heavy atom. The third kappa shape index (κ3) is 32.0. The number of ether oxygens (including phenoxy) is 6. The van der Waals surface area contributed by atoms with Gasteiger partial charge in [0.15, 0.2) is 9.79 Å². The van der Waals surface area contributed by atoms with Crippen molar-refractivity contribution < 1.29 is 125 Å². The highest BCUT2D eigenvalue weighted by Crippen LogP contribution is 2.46. The second-order valence-corrected chi connectivity index (χ2v) is 42.3. The molecule has 4 aliphatic carbocycles. The number of hydrogen-bond acceptors (Lipinski definition) is 31. The molecule has 12 N–H and O–H groups in total. The normalized spacial score (nSPS) is 20.7. The average Bonchev–Trinajstić information content (AvgIpc) is 1.55. The summed E-state index contributed by atoms with van der Waals surface area (Å²) in [4.78, 5) is 148. The van der Waals surface area contributed by atoms with Gasteiger partial charge < -0.3 is 65.8 Å². The molecule has 0 bridgehead atoms. The van der Waals surface area contributed by atoms with Crippen molar-refractivity contribution in [2.24, 2.45) is 17.6 Å². The molecule has 136 heavy (non-hydrogen) atoms. The maximum absolute atomic E-state index is 14.1. The van der Waals surface area contributed by atoms with Crippen LogP contribution >= 0.6 is 0 Å². The van der Waals surface area contributed by atoms with Crippen molar-refractivity contribution in [3.05, 3.63) is 143 Å². The molecule has 0 spiro atoms. The number of carboxylic acid groups (broad SMARTS) is 1. The third-order valence-corrected chi connectivity index (χ3v) is 29.0. The van der Waals surface area contributed by atoms with Crippen LogP contribution in [-0.2, 0) is 97.3 Å². The fourth-order valence-corrected chi connectivity index (χ4v) is 21.2. The summed E-state index contributed by atoms with van der Waals surface area (Å²) < 4.78 is 145. The Balaban J connectivity index is 0.000000308. The second kappa shape index (κ2) is 49.4. The van der Waals surface area contributed by atoms with Crippen LogP contribution in [0.4, 0.5) is 41.9 Å². The van der Waals surface area contributed by atoms with Gasteiger partial charge in [0, 0.05) is 62.2 Å². The van der Waals surface area contributed by atoms with E-state index in [0.29, 0.717) is 50.9 Å². The van der Waals surface area contributed by atoms with Crippen LogP contribution in [0.25, 0.3) is 0 Å². The lowest BCUT2D eigenvalue weighted by atomic mass is 10.1. The number of carbonyl (C=O) groups excluding carboxylic acids is 9. The van der Waals surface area contributed by atoms with Gasteiger partial charge in [0.05, 0.1) is 35.4 Å². The van der Waals surface area contributed by atoms with Crippen LogP contribution in [0.3, 0.4) is 0 Å². The number of anilines is 2. The fraction of sp³-hybridized carbons (Fsp3) is 0.573. The standard InChI is InChI=1S/C44H61N7O14S2.C28H42N4O7S.C16H21N3O8S.CH4/c1-6-29-27-44(29,47-38(52)35-26-30(28-50(35)42(56)65-43(2,3)4)48-67(61,62)37-24-16-14-22-34(37)51(57)58)40(54)49-66(59,60)36-23-15-13-20-32(36)45-25-17-9-7-8-10-21-33(39(53)63-5)46-41(55)64-31-18-11-12-19-31;1-3-20-19-28(20,29)26(34)32-40(36,37)24-17-11-10-15-22(24)30-18-12-6-4-5-7-16-23(25(33)38-2)31-27(35)39-21-13-8-9-14-21;1-16(2,3)27-15(22)18-9-10(8-12(18)14(20)21)17-28(25,26)13-7-5-4-6-11(13)19(23)24;/h6,13-16,20,22-24,29-31,33,35,45,48H,1,7-12,17-19,21,25-28H2,2-5H3,(H,46,55)(H,47,52)(H,49,54);3,10-11,15,17,20-21,23,30H,1,4-9,12-14,16,18-19,29H2,2H3,(H,31,35)(H,32,34);4-7,10,12,17H,8-9H2,1-3H3,(H,20,21);1H4/t29-,30-,33+,35+,44-;20-,23+,28-;10-,12+;/m111./s1. The summed E-state index contributed by atoms with van der Waals surface area (Å²) in [5.74, 6) is -6.01. The van der Waals surface area contributed by atoms with Crippen molar-refractivity contribution in [2.75, 3.05) is 51.0 Å². The molecule has 2 saturated heterocycles. The number of likely N-dealkylation sites (tertiary alicyclic amines) is 2. The highest BCUT2D eigenvalue weighted by atomic mass is 32.2. The number of carboxylic acids is 1. The molecule has 47 heteroatoms. The van der Waals surface area contributed by atoms with Gasteiger partial charge in [-0.05, 0) is 181 Å². The zero-order valence-corrected chi connectivity index (χ0v) is 80.0. The summed E-state index contributed by atoms with van der Waals surface area (Å²) in [6.45, 7) is 17.3. The largest absolute Gasteiger partial charge is 0.480 e. The lowest BCUT2D eigenvalue weighted by Crippen LogP contribution is -2.56. The molecule has 0 aromatic heterocycles. The SMILES string of the molecule is C.C=C[C@@H]1C[C@]1(N)C(=O)NS(=O)(=O)c1ccccc1NCCCCCCC[C@H](NC(=O)OC1CCCC1)C(=O)OC.C=C[C@@H]1C[C@]1(NC(=O)[C@@H]1C[C@@H](NS(=O)(=O)c2ccccc2[N+](=O)[O-])CN1C(=O)OC(C)(C)C)C(=O)NS(=O)(=O)c1ccccc1NCCCCCCC[C@H](NC(=O)OC1CCCC1)C(=O)OC.CC(C)(C)OC(=O)N1C[C@H](NS(=O)(=O)c2ccccc2[N+](=O)[O-])C[C@H]1C(=O)O. The van der Waals surface area contributed by atoms with E-state index in [-0.39, 0.29) is 73.4 Å². The molecular weight excluding hydrogens is 1860 g/mol. The van der Waals surface area contributed by atoms with Gasteiger partial charge >= 0.3 is 42.3 Å². The molecule has 4 saturated carbocycles. The molecule has 4 aromatic rings. The number of methoxy groups -OCH3 is 2. The van der Waals surface area contributed by atoms with Crippen LogP contribution in [0.1, 0.15) is 203 Å². The maximum atomic E-state index is 14.1. The number of aliphatic carboxylic acids is 1. The van der Waals surface area contributed by atoms with Gasteiger partial charge in [-0.15, -0.1) is 13.2 Å². The predicted molar refractivity (Wildman–Crippen MR) is 497 cm³/mol. The number of alkyl carbamates (subject to hydrolysis) is 2. The third-order valence-electron chi connectivity index (χ3n) is 23.1. The van der Waals surface area contributed by atoms with Crippen LogP contribution < -0.4 is 51.2 Å². The van der Waals surface area contributed by atoms with Crippen molar-refractivity contribution >= 4 is 123 Å². The molecule has 752 valence electrons. The number of amides is 7. The molecule has 6 fully saturated rings. The van der Waals surface area contributed by atoms with Gasteiger partial charge in [0.2, 0.25) is 26.0 Å². The van der Waals surface area contributed by atoms with Crippen molar-refractivity contribution in [2.45, 2.75) is 293 Å². The van der Waals surface area contributed by atoms with E-state index in [1.807, 2.05) is 0 Å². The highest BCUT2D eigenvalue weighted by molar-refractivity contribution is 7.91. The molecule has 0 radical (unpaired) electrons. The van der Waals surface area contributed by atoms with Crippen LogP contribution in [0.5, 0.6) is 0 Å². The minimum Gasteiger partial charge on any atom is -0.480 e. The summed E-state index contributed by atoms with van der Waals surface area (Å²) in [7, 11) is -15.0. The van der Waals surface area contributed by atoms with Crippen molar-refractivity contribution in [3.63, 3.8) is 0 Å². The molecule has 4 aromatic carbocycles. The summed E-state index contributed by atoms with van der Waals surface area (Å²) >= 11 is 0. The van der Waals surface area contributed by atoms with Crippen LogP contribution in [-0.4, -0.2) is 230 Å². The first kappa shape index (κ1) is 111. The number of nitro benzene ring substituents is 2. The number of esters is 2. The number of unbranched alkanes of at least 4 members (excludes halogenated alkanes) is 8. The molecule has 43 nitrogen and oxygen atoms in total. The predicted octanol–water partition coefficient (Wildman–Crippen LogP) is 10.1. The molecule has 2 aliphatic heterocycles. The Morgan fingerprint density at radius 2 is 0.875 bits per heavy atom. The number of nitro groups is 2. The Morgan fingerprint density at radius 1 is 0.515 bits per heavy atom. The maximum Gasteiger partial charge on any atom is 0.411 e. The molecule has 2 heterocycles. The van der Waals surface area contributed by atoms with Crippen molar-refractivity contribution in [1.82, 2.24) is 44.6 Å². The van der Waals surface area contributed by atoms with E-state index >= 15 is 0 Å². The number of sulfonamides is 4. The Bertz CT molecular complexity index is 5420. The molecule has 10 atom stereocenters. The van der Waals surface area contributed by atoms with Gasteiger partial charge in [-0.3, -0.25) is 44.4 Å². The van der Waals surface area contributed by atoms with Gasteiger partial charge in [-0.1, -0.05) is 119 Å². The van der Waals surface area contributed by atoms with E-state index in [1.165, 1.54) is 62.8 Å². The minimum atomic E-state index is -4.55. The first-order valence-corrected chi connectivity index (χ1v) is 50.5. The molecule has 10 rings (SSSR count). The van der Waals surface area contributed by atoms with Crippen LogP contribution in [0, 0.1) is 32.1 Å². The van der Waals surface area contributed by atoms with E-state index in [0.717, 1.165) is 137 Å². The highest BCUT2D eigenvalue weighted by Gasteiger charge is 2.62. The van der Waals surface area contributed by atoms with E-state index in [1.54, 1.807) is 78.0 Å². The van der Waals surface area contributed by atoms with Gasteiger partial charge in [0.1, 0.15) is 68.4 Å². The first-order chi connectivity index (χ1) is 63.5. The second-order valence-electron chi connectivity index (χ2n) is 35.7. The van der Waals surface area contributed by atoms with Crippen molar-refractivity contribution in [1.29, 1.82) is 0 Å². The number of benzene rings is 4. The zero-order chi connectivity index (χ0) is 99.6. The van der Waals surface area contributed by atoms with Gasteiger partial charge in [-0.25, -0.2) is 86.1 Å². The van der Waals surface area contributed by atoms with E-state index in [2.05, 4.69) is 58.6 Å². The quantitative estimate of drug-likeness (QED) is 0.00490. The van der Waals surface area contributed by atoms with E-state index in [4.69, 9.17) is 34.2 Å². The molecule has 0 unspecified atom stereocenters. The van der Waals surface area contributed by atoms with Gasteiger partial charge in [-0.2, -0.15) is 0 Å². The Hall–Kier alpha value is -11.7. The Kier molecular flexibility index (Phi) is 40.4. The van der Waals surface area contributed by atoms with Gasteiger partial charge in [0.25, 0.3) is 43.2 Å². The monoisotopic (exact) mass is 1980 g/mol. The lowest BCUT2D eigenvalue weighted by Gasteiger charge is -2.29. The van der Waals surface area contributed by atoms with E-state index < -0.39 is 196 Å². The summed E-state index contributed by atoms with van der Waals surface area (Å²) in [5.41, 5.74) is 0.409. The topological polar surface area (TPSA) is 610 Å². The van der Waals surface area contributed by atoms with Crippen molar-refractivity contribution in [3.8, 4) is 0 Å². The van der Waals surface area contributed by atoms with E-state index in [9.17, 15) is 107 Å². The fourth-order valence-electron chi connectivity index (χ4n) is 15.9. The Labute approximate surface area is 792 Å². The summed E-state index contributed by atoms with van der Waals surface area (Å²) in [5, 5.41) is 46.2. The number of rotatable bonds is 43. The number of para-hydroxylation sites is 4. The summed E-state index contributed by atoms with van der Waals surface area (Å²) in [6.07, 6.45) is 15.5. The molecule has 6 aliphatic rings. The minimum absolute atomic E-state index is 0. The average molecular weight is 1990 g/mol.